The molecule has 0 aliphatic carbocycles. The number of hydrogen-bond acceptors (Lipinski definition) is 8. The Morgan fingerprint density at radius 2 is 1.94 bits per heavy atom. The van der Waals surface area contributed by atoms with E-state index in [0.717, 1.165) is 71.5 Å². The van der Waals surface area contributed by atoms with Crippen LogP contribution < -0.4 is 15.5 Å². The van der Waals surface area contributed by atoms with Crippen LogP contribution >= 0.6 is 0 Å². The van der Waals surface area contributed by atoms with Crippen LogP contribution in [0, 0.1) is 13.8 Å². The Hall–Kier alpha value is -3.66. The van der Waals surface area contributed by atoms with Crippen LogP contribution in [0.2, 0.25) is 0 Å². The summed E-state index contributed by atoms with van der Waals surface area (Å²) < 4.78 is 1.77. The quantitative estimate of drug-likeness (QED) is 0.355. The molecule has 10 heteroatoms. The maximum atomic E-state index is 10.3. The van der Waals surface area contributed by atoms with Crippen LogP contribution in [-0.4, -0.2) is 54.0 Å². The van der Waals surface area contributed by atoms with E-state index in [1.165, 1.54) is 0 Å². The number of aryl methyl sites for hydroxylation is 2. The summed E-state index contributed by atoms with van der Waals surface area (Å²) in [5.41, 5.74) is 5.49. The van der Waals surface area contributed by atoms with Gasteiger partial charge in [-0.15, -0.1) is 5.10 Å². The molecule has 2 aliphatic rings. The van der Waals surface area contributed by atoms with Gasteiger partial charge >= 0.3 is 0 Å². The molecule has 0 amide bonds. The highest BCUT2D eigenvalue weighted by Gasteiger charge is 2.38. The minimum absolute atomic E-state index is 0.335. The highest BCUT2D eigenvalue weighted by molar-refractivity contribution is 5.71. The van der Waals surface area contributed by atoms with E-state index in [0.29, 0.717) is 11.9 Å². The minimum Gasteiger partial charge on any atom is -0.373 e. The highest BCUT2D eigenvalue weighted by atomic mass is 16.3. The topological polar surface area (TPSA) is 119 Å². The zero-order valence-electron chi connectivity index (χ0n) is 20.5. The average molecular weight is 474 g/mol. The molecular weight excluding hydrogens is 442 g/mol. The number of nitrogens with zero attached hydrogens (tertiary/aromatic N) is 6. The number of hydrogen-bond donors (Lipinski definition) is 4. The number of aromatic amines is 1. The Kier molecular flexibility index (Phi) is 4.96. The van der Waals surface area contributed by atoms with Gasteiger partial charge in [0.1, 0.15) is 12.1 Å². The largest absolute Gasteiger partial charge is 0.373 e. The van der Waals surface area contributed by atoms with Crippen LogP contribution in [0.25, 0.3) is 5.65 Å². The van der Waals surface area contributed by atoms with E-state index in [-0.39, 0.29) is 5.41 Å². The van der Waals surface area contributed by atoms with Crippen LogP contribution in [0.15, 0.2) is 30.6 Å². The van der Waals surface area contributed by atoms with Crippen molar-refractivity contribution in [2.24, 2.45) is 0 Å². The molecule has 10 nitrogen and oxygen atoms in total. The maximum absolute atomic E-state index is 10.3. The molecule has 6 rings (SSSR count). The van der Waals surface area contributed by atoms with Crippen molar-refractivity contribution in [2.75, 3.05) is 28.6 Å². The lowest BCUT2D eigenvalue weighted by Gasteiger charge is -2.31. The van der Waals surface area contributed by atoms with Crippen molar-refractivity contribution in [1.29, 1.82) is 0 Å². The lowest BCUT2D eigenvalue weighted by atomic mass is 9.85. The van der Waals surface area contributed by atoms with Gasteiger partial charge in [-0.05, 0) is 44.4 Å². The van der Waals surface area contributed by atoms with Crippen molar-refractivity contribution in [3.63, 3.8) is 0 Å². The molecule has 182 valence electrons. The molecule has 0 bridgehead atoms. The van der Waals surface area contributed by atoms with Gasteiger partial charge in [0.2, 0.25) is 5.95 Å². The molecule has 0 saturated carbocycles. The van der Waals surface area contributed by atoms with E-state index in [1.54, 1.807) is 10.7 Å². The molecule has 1 fully saturated rings. The number of aliphatic hydroxyl groups is 1. The second-order valence-electron chi connectivity index (χ2n) is 10.2. The zero-order valence-corrected chi connectivity index (χ0v) is 20.5. The predicted octanol–water partition coefficient (Wildman–Crippen LogP) is 3.61. The Morgan fingerprint density at radius 3 is 2.69 bits per heavy atom. The van der Waals surface area contributed by atoms with Gasteiger partial charge < -0.3 is 25.6 Å². The molecule has 0 spiro atoms. The van der Waals surface area contributed by atoms with Crippen LogP contribution in [0.3, 0.4) is 0 Å². The first-order valence-electron chi connectivity index (χ1n) is 12.1. The first kappa shape index (κ1) is 21.8. The summed E-state index contributed by atoms with van der Waals surface area (Å²) in [7, 11) is 0. The van der Waals surface area contributed by atoms with Crippen LogP contribution in [-0.2, 0) is 5.41 Å². The van der Waals surface area contributed by atoms with E-state index >= 15 is 0 Å². The summed E-state index contributed by atoms with van der Waals surface area (Å²) >= 11 is 0. The van der Waals surface area contributed by atoms with Gasteiger partial charge in [0.25, 0.3) is 0 Å². The highest BCUT2D eigenvalue weighted by Crippen LogP contribution is 2.41. The van der Waals surface area contributed by atoms with Gasteiger partial charge in [0, 0.05) is 53.9 Å². The van der Waals surface area contributed by atoms with Gasteiger partial charge in [0.05, 0.1) is 5.69 Å². The summed E-state index contributed by atoms with van der Waals surface area (Å²) in [6.45, 7) is 9.96. The number of H-pyrrole nitrogens is 1. The van der Waals surface area contributed by atoms with Crippen molar-refractivity contribution in [1.82, 2.24) is 29.5 Å². The first-order valence-corrected chi connectivity index (χ1v) is 12.1. The number of rotatable bonds is 4. The number of nitrogens with one attached hydrogen (secondary N) is 3. The number of aromatic nitrogens is 6. The molecular formula is C25H31N9O. The standard InChI is InChI=1S/C25H31N9O/c1-14-15(2)28-20(27-14)16-7-10-33(11-8-16)21-22-31-24(32-34(22)12-9-26-21)29-17-5-6-18-19(13-17)30-23(35)25(18,3)4/h5-6,9,12-13,16,23,30,35H,7-8,10-11H2,1-4H3,(H,27,28)(H,29,32). The second-order valence-corrected chi connectivity index (χ2v) is 10.2. The van der Waals surface area contributed by atoms with Crippen molar-refractivity contribution in [3.8, 4) is 0 Å². The fraction of sp³-hybridized carbons (Fsp3) is 0.440. The van der Waals surface area contributed by atoms with E-state index < -0.39 is 6.23 Å². The monoisotopic (exact) mass is 473 g/mol. The van der Waals surface area contributed by atoms with Crippen LogP contribution in [0.4, 0.5) is 23.1 Å². The number of benzene rings is 1. The van der Waals surface area contributed by atoms with E-state index in [9.17, 15) is 5.11 Å². The molecule has 4 N–H and O–H groups in total. The fourth-order valence-corrected chi connectivity index (χ4v) is 5.12. The molecule has 4 aromatic rings. The molecule has 5 heterocycles. The molecule has 1 saturated heterocycles. The Balaban J connectivity index is 1.21. The van der Waals surface area contributed by atoms with E-state index in [4.69, 9.17) is 9.97 Å². The summed E-state index contributed by atoms with van der Waals surface area (Å²) in [5.74, 6) is 2.89. The smallest absolute Gasteiger partial charge is 0.247 e. The third-order valence-corrected chi connectivity index (χ3v) is 7.51. The van der Waals surface area contributed by atoms with Gasteiger partial charge in [-0.25, -0.2) is 14.5 Å². The first-order chi connectivity index (χ1) is 16.8. The van der Waals surface area contributed by atoms with Crippen molar-refractivity contribution >= 4 is 28.8 Å². The SMILES string of the molecule is Cc1nc(C2CCN(c3nccn4nc(Nc5ccc6c(c5)NC(O)C6(C)C)nc34)CC2)[nH]c1C. The van der Waals surface area contributed by atoms with Crippen molar-refractivity contribution in [3.05, 3.63) is 53.4 Å². The summed E-state index contributed by atoms with van der Waals surface area (Å²) in [5, 5.41) is 21.4. The zero-order chi connectivity index (χ0) is 24.3. The second kappa shape index (κ2) is 7.94. The summed E-state index contributed by atoms with van der Waals surface area (Å²) in [6, 6.07) is 6.02. The molecule has 1 atom stereocenters. The number of fused-ring (bicyclic) bond motifs is 2. The number of aliphatic hydroxyl groups excluding tert-OH is 1. The maximum Gasteiger partial charge on any atom is 0.247 e. The molecule has 3 aromatic heterocycles. The molecule has 1 unspecified atom stereocenters. The van der Waals surface area contributed by atoms with Crippen molar-refractivity contribution < 1.29 is 5.11 Å². The van der Waals surface area contributed by atoms with Gasteiger partial charge in [-0.1, -0.05) is 19.9 Å². The molecule has 1 aromatic carbocycles. The van der Waals surface area contributed by atoms with E-state index in [2.05, 4.69) is 44.4 Å². The minimum atomic E-state index is -0.611. The number of piperidine rings is 1. The average Bonchev–Trinajstić information content (AvgIpc) is 3.47. The third-order valence-electron chi connectivity index (χ3n) is 7.51. The number of imidazole rings is 1. The third kappa shape index (κ3) is 3.68. The predicted molar refractivity (Wildman–Crippen MR) is 135 cm³/mol. The Morgan fingerprint density at radius 1 is 1.14 bits per heavy atom. The molecule has 0 radical (unpaired) electrons. The Bertz CT molecular complexity index is 1380. The van der Waals surface area contributed by atoms with E-state index in [1.807, 2.05) is 38.2 Å². The van der Waals surface area contributed by atoms with Gasteiger partial charge in [-0.3, -0.25) is 0 Å². The van der Waals surface area contributed by atoms with Gasteiger partial charge in [-0.2, -0.15) is 4.98 Å². The Labute approximate surface area is 203 Å². The van der Waals surface area contributed by atoms with Gasteiger partial charge in [0.15, 0.2) is 11.5 Å². The number of anilines is 4. The lowest BCUT2D eigenvalue weighted by Crippen LogP contribution is -2.34. The summed E-state index contributed by atoms with van der Waals surface area (Å²) in [6.07, 6.45) is 5.01. The summed E-state index contributed by atoms with van der Waals surface area (Å²) in [4.78, 5) is 19.9. The molecule has 2 aliphatic heterocycles. The fourth-order valence-electron chi connectivity index (χ4n) is 5.12. The normalized spacial score (nSPS) is 19.7. The van der Waals surface area contributed by atoms with Crippen LogP contribution in [0.1, 0.15) is 55.4 Å². The lowest BCUT2D eigenvalue weighted by molar-refractivity contribution is 0.137. The molecule has 35 heavy (non-hydrogen) atoms. The van der Waals surface area contributed by atoms with Crippen molar-refractivity contribution in [2.45, 2.75) is 58.1 Å². The van der Waals surface area contributed by atoms with Crippen LogP contribution in [0.5, 0.6) is 0 Å².